The number of hydrogen-bond acceptors (Lipinski definition) is 7. The topological polar surface area (TPSA) is 119 Å². The van der Waals surface area contributed by atoms with Crippen molar-refractivity contribution in [1.29, 1.82) is 0 Å². The summed E-state index contributed by atoms with van der Waals surface area (Å²) < 4.78 is 20.7. The molecule has 0 bridgehead atoms. The maximum atomic E-state index is 15.1. The molecule has 9 atom stereocenters. The number of hydrogen-bond donors (Lipinski definition) is 4. The summed E-state index contributed by atoms with van der Waals surface area (Å²) in [5, 5.41) is 36.5. The van der Waals surface area contributed by atoms with Gasteiger partial charge in [0.2, 0.25) is 0 Å². The number of ether oxygens (including phenoxy) is 1. The number of nitrogens with zero attached hydrogens (tertiary/aromatic N) is 1. The van der Waals surface area contributed by atoms with Crippen LogP contribution in [0.1, 0.15) is 57.1 Å². The van der Waals surface area contributed by atoms with Gasteiger partial charge in [-0.3, -0.25) is 14.5 Å². The molecular formula is C36H43FN2O6. The van der Waals surface area contributed by atoms with Crippen molar-refractivity contribution in [2.24, 2.45) is 34.0 Å². The summed E-state index contributed by atoms with van der Waals surface area (Å²) in [5.74, 6) is -2.31. The highest BCUT2D eigenvalue weighted by molar-refractivity contribution is 6.10. The lowest BCUT2D eigenvalue weighted by Crippen LogP contribution is -2.63. The third kappa shape index (κ3) is 3.90. The number of benzene rings is 2. The minimum atomic E-state index is -1.71. The van der Waals surface area contributed by atoms with Crippen molar-refractivity contribution in [2.45, 2.75) is 70.2 Å². The van der Waals surface area contributed by atoms with Crippen LogP contribution in [0.3, 0.4) is 0 Å². The monoisotopic (exact) mass is 618 g/mol. The highest BCUT2D eigenvalue weighted by Crippen LogP contribution is 2.68. The first kappa shape index (κ1) is 30.5. The quantitative estimate of drug-likeness (QED) is 0.294. The standard InChI is InChI=1S/C36H43FN2O6/c1-21-9-12-28-33(2,14-13-29(41)34(28,3)20-40)25(21)15-23-18-39(17-22-7-5-4-6-8-22)36(35(23)30(42)19-45-32(35)44)26-16-24(37)10-11-27(26)38-31(36)43/h4-8,10-11,16,23,25,28-30,40-42H,1,9,12-15,17-20H2,2-3H3,(H,38,43)/t23?,25-,28+,29-,30+,33+,34+,35-,36+/m1/s1. The molecule has 45 heavy (non-hydrogen) atoms. The Morgan fingerprint density at radius 2 is 1.84 bits per heavy atom. The van der Waals surface area contributed by atoms with Crippen LogP contribution >= 0.6 is 0 Å². The Morgan fingerprint density at radius 3 is 2.53 bits per heavy atom. The average Bonchev–Trinajstić information content (AvgIpc) is 3.60. The smallest absolute Gasteiger partial charge is 0.318 e. The van der Waals surface area contributed by atoms with Crippen molar-refractivity contribution in [3.8, 4) is 0 Å². The zero-order valence-corrected chi connectivity index (χ0v) is 26.0. The number of amides is 1. The molecule has 3 aliphatic heterocycles. The second-order valence-electron chi connectivity index (χ2n) is 14.7. The molecular weight excluding hydrogens is 575 g/mol. The van der Waals surface area contributed by atoms with Gasteiger partial charge in [0.25, 0.3) is 5.91 Å². The Labute approximate surface area is 263 Å². The number of esters is 1. The van der Waals surface area contributed by atoms with Crippen molar-refractivity contribution in [3.63, 3.8) is 0 Å². The van der Waals surface area contributed by atoms with E-state index in [4.69, 9.17) is 4.74 Å². The van der Waals surface area contributed by atoms with E-state index in [0.29, 0.717) is 37.1 Å². The summed E-state index contributed by atoms with van der Waals surface area (Å²) in [7, 11) is 0. The molecule has 0 radical (unpaired) electrons. The number of aliphatic hydroxyl groups is 3. The van der Waals surface area contributed by atoms with Crippen LogP contribution in [0.15, 0.2) is 60.7 Å². The SMILES string of the molecule is C=C1CC[C@@H]2[C@](C)(CO)[C@H](O)CC[C@@]2(C)[C@@H]1CC1CN(Cc2ccccc2)[C@@]2(C(=O)Nc3ccc(F)cc32)[C@]12C(=O)OC[C@@H]2O. The first-order valence-corrected chi connectivity index (χ1v) is 16.2. The normalized spacial score (nSPS) is 40.9. The van der Waals surface area contributed by atoms with Crippen molar-refractivity contribution < 1.29 is 34.0 Å². The summed E-state index contributed by atoms with van der Waals surface area (Å²) >= 11 is 0. The lowest BCUT2D eigenvalue weighted by Gasteiger charge is -2.60. The molecule has 2 aromatic rings. The van der Waals surface area contributed by atoms with E-state index in [1.54, 1.807) is 0 Å². The van der Waals surface area contributed by atoms with Gasteiger partial charge in [-0.25, -0.2) is 4.39 Å². The Kier molecular flexibility index (Phi) is 7.09. The molecule has 2 aliphatic carbocycles. The van der Waals surface area contributed by atoms with E-state index in [2.05, 4.69) is 18.8 Å². The predicted octanol–water partition coefficient (Wildman–Crippen LogP) is 4.14. The first-order valence-electron chi connectivity index (χ1n) is 16.2. The summed E-state index contributed by atoms with van der Waals surface area (Å²) in [4.78, 5) is 30.8. The molecule has 240 valence electrons. The lowest BCUT2D eigenvalue weighted by molar-refractivity contribution is -0.166. The minimum Gasteiger partial charge on any atom is -0.462 e. The van der Waals surface area contributed by atoms with Gasteiger partial charge in [-0.15, -0.1) is 0 Å². The number of rotatable bonds is 5. The van der Waals surface area contributed by atoms with Gasteiger partial charge in [0.15, 0.2) is 0 Å². The van der Waals surface area contributed by atoms with Crippen LogP contribution in [0.5, 0.6) is 0 Å². The molecule has 9 heteroatoms. The number of allylic oxidation sites excluding steroid dienone is 1. The number of carbonyl (C=O) groups excluding carboxylic acids is 2. The summed E-state index contributed by atoms with van der Waals surface area (Å²) in [6.45, 7) is 8.87. The van der Waals surface area contributed by atoms with E-state index in [-0.39, 0.29) is 37.0 Å². The van der Waals surface area contributed by atoms with Crippen molar-refractivity contribution in [2.75, 3.05) is 25.1 Å². The second-order valence-corrected chi connectivity index (χ2v) is 14.7. The third-order valence-electron chi connectivity index (χ3n) is 12.8. The number of anilines is 1. The van der Waals surface area contributed by atoms with Crippen LogP contribution in [0, 0.1) is 39.8 Å². The van der Waals surface area contributed by atoms with E-state index in [0.717, 1.165) is 24.0 Å². The molecule has 5 aliphatic rings. The van der Waals surface area contributed by atoms with E-state index in [9.17, 15) is 24.9 Å². The van der Waals surface area contributed by atoms with E-state index in [1.165, 1.54) is 18.2 Å². The van der Waals surface area contributed by atoms with Gasteiger partial charge in [0.05, 0.1) is 12.7 Å². The van der Waals surface area contributed by atoms with Gasteiger partial charge >= 0.3 is 5.97 Å². The largest absolute Gasteiger partial charge is 0.462 e. The molecule has 2 saturated carbocycles. The van der Waals surface area contributed by atoms with Crippen molar-refractivity contribution in [3.05, 3.63) is 77.6 Å². The molecule has 2 saturated heterocycles. The Hall–Kier alpha value is -3.11. The number of aliphatic hydroxyl groups excluding tert-OH is 3. The van der Waals surface area contributed by atoms with Crippen LogP contribution in [0.4, 0.5) is 10.1 Å². The highest BCUT2D eigenvalue weighted by atomic mass is 19.1. The number of cyclic esters (lactones) is 1. The molecule has 4 fully saturated rings. The Morgan fingerprint density at radius 1 is 1.09 bits per heavy atom. The van der Waals surface area contributed by atoms with Gasteiger partial charge in [0.1, 0.15) is 29.5 Å². The maximum Gasteiger partial charge on any atom is 0.318 e. The van der Waals surface area contributed by atoms with E-state index >= 15 is 4.39 Å². The number of carbonyl (C=O) groups is 2. The lowest BCUT2D eigenvalue weighted by atomic mass is 9.45. The van der Waals surface area contributed by atoms with Crippen LogP contribution < -0.4 is 5.32 Å². The molecule has 4 N–H and O–H groups in total. The number of likely N-dealkylation sites (tertiary alicyclic amines) is 1. The molecule has 1 amide bonds. The number of fused-ring (bicyclic) bond motifs is 4. The van der Waals surface area contributed by atoms with E-state index < -0.39 is 52.2 Å². The molecule has 0 aromatic heterocycles. The third-order valence-corrected chi connectivity index (χ3v) is 12.8. The Balaban J connectivity index is 1.40. The fraction of sp³-hybridized carbons (Fsp3) is 0.556. The second kappa shape index (κ2) is 10.5. The molecule has 8 nitrogen and oxygen atoms in total. The van der Waals surface area contributed by atoms with Gasteiger partial charge in [-0.2, -0.15) is 0 Å². The summed E-state index contributed by atoms with van der Waals surface area (Å²) in [6.07, 6.45) is 1.27. The van der Waals surface area contributed by atoms with Crippen LogP contribution in [-0.2, 0) is 26.4 Å². The zero-order chi connectivity index (χ0) is 31.9. The fourth-order valence-electron chi connectivity index (χ4n) is 10.6. The summed E-state index contributed by atoms with van der Waals surface area (Å²) in [5.41, 5.74) is -1.74. The maximum absolute atomic E-state index is 15.1. The first-order chi connectivity index (χ1) is 21.4. The number of halogens is 1. The van der Waals surface area contributed by atoms with Crippen LogP contribution in [-0.4, -0.2) is 64.1 Å². The Bertz CT molecular complexity index is 1550. The number of nitrogens with one attached hydrogen (secondary N) is 1. The fourth-order valence-corrected chi connectivity index (χ4v) is 10.6. The summed E-state index contributed by atoms with van der Waals surface area (Å²) in [6, 6.07) is 13.8. The molecule has 1 unspecified atom stereocenters. The van der Waals surface area contributed by atoms with Gasteiger partial charge in [0, 0.05) is 29.8 Å². The van der Waals surface area contributed by atoms with Crippen LogP contribution in [0.25, 0.3) is 0 Å². The molecule has 2 spiro atoms. The highest BCUT2D eigenvalue weighted by Gasteiger charge is 2.79. The minimum absolute atomic E-state index is 0.00559. The zero-order valence-electron chi connectivity index (χ0n) is 26.0. The van der Waals surface area contributed by atoms with Crippen molar-refractivity contribution in [1.82, 2.24) is 4.90 Å². The average molecular weight is 619 g/mol. The predicted molar refractivity (Wildman–Crippen MR) is 165 cm³/mol. The molecule has 3 heterocycles. The van der Waals surface area contributed by atoms with Gasteiger partial charge < -0.3 is 25.4 Å². The van der Waals surface area contributed by atoms with Gasteiger partial charge in [-0.1, -0.05) is 56.3 Å². The molecule has 2 aromatic carbocycles. The van der Waals surface area contributed by atoms with Crippen molar-refractivity contribution >= 4 is 17.6 Å². The van der Waals surface area contributed by atoms with Gasteiger partial charge in [-0.05, 0) is 79.0 Å². The van der Waals surface area contributed by atoms with Crippen LogP contribution in [0.2, 0.25) is 0 Å². The van der Waals surface area contributed by atoms with E-state index in [1.807, 2.05) is 42.2 Å². The molecule has 7 rings (SSSR count).